The van der Waals surface area contributed by atoms with Crippen molar-refractivity contribution in [3.05, 3.63) is 17.7 Å². The van der Waals surface area contributed by atoms with Crippen molar-refractivity contribution >= 4 is 12.3 Å². The molecule has 12 heavy (non-hydrogen) atoms. The molecule has 0 aliphatic rings. The molecule has 5 heteroatoms. The maximum absolute atomic E-state index is 11.0. The van der Waals surface area contributed by atoms with Crippen LogP contribution in [0.1, 0.15) is 27.9 Å². The molecule has 5 nitrogen and oxygen atoms in total. The van der Waals surface area contributed by atoms with Gasteiger partial charge in [0.05, 0.1) is 12.9 Å². The highest BCUT2D eigenvalue weighted by molar-refractivity contribution is 5.95. The van der Waals surface area contributed by atoms with Gasteiger partial charge in [-0.1, -0.05) is 0 Å². The Morgan fingerprint density at radius 1 is 1.83 bits per heavy atom. The zero-order valence-electron chi connectivity index (χ0n) is 6.53. The predicted octanol–water partition coefficient (Wildman–Crippen LogP) is 0.399. The number of carbonyl (C=O) groups excluding carboxylic acids is 2. The van der Waals surface area contributed by atoms with Crippen molar-refractivity contribution in [2.45, 2.75) is 6.92 Å². The van der Waals surface area contributed by atoms with Gasteiger partial charge in [0, 0.05) is 0 Å². The van der Waals surface area contributed by atoms with Gasteiger partial charge in [0.15, 0.2) is 12.0 Å². The van der Waals surface area contributed by atoms with E-state index in [0.29, 0.717) is 6.29 Å². The summed E-state index contributed by atoms with van der Waals surface area (Å²) in [7, 11) is 0. The molecule has 0 aliphatic carbocycles. The number of imidazole rings is 1. The fraction of sp³-hybridized carbons (Fsp3) is 0.286. The molecular weight excluding hydrogens is 160 g/mol. The minimum absolute atomic E-state index is 0.0341. The van der Waals surface area contributed by atoms with Crippen LogP contribution in [0.4, 0.5) is 0 Å². The number of hydrogen-bond acceptors (Lipinski definition) is 4. The molecule has 0 fully saturated rings. The SMILES string of the molecule is CCOC(=O)c1nc[nH]c1C=O. The van der Waals surface area contributed by atoms with Gasteiger partial charge in [0.1, 0.15) is 5.69 Å². The van der Waals surface area contributed by atoms with Gasteiger partial charge in [-0.2, -0.15) is 0 Å². The molecule has 0 saturated carbocycles. The number of rotatable bonds is 3. The zero-order valence-corrected chi connectivity index (χ0v) is 6.53. The number of H-pyrrole nitrogens is 1. The van der Waals surface area contributed by atoms with Gasteiger partial charge in [-0.15, -0.1) is 0 Å². The summed E-state index contributed by atoms with van der Waals surface area (Å²) < 4.78 is 4.65. The van der Waals surface area contributed by atoms with Crippen LogP contribution >= 0.6 is 0 Å². The third kappa shape index (κ3) is 1.50. The van der Waals surface area contributed by atoms with Gasteiger partial charge in [0.2, 0.25) is 0 Å². The van der Waals surface area contributed by atoms with Crippen LogP contribution in [-0.4, -0.2) is 28.8 Å². The number of esters is 1. The van der Waals surface area contributed by atoms with Crippen molar-refractivity contribution in [3.63, 3.8) is 0 Å². The highest BCUT2D eigenvalue weighted by atomic mass is 16.5. The van der Waals surface area contributed by atoms with E-state index in [0.717, 1.165) is 0 Å². The van der Waals surface area contributed by atoms with Gasteiger partial charge in [-0.25, -0.2) is 9.78 Å². The van der Waals surface area contributed by atoms with E-state index in [1.54, 1.807) is 6.92 Å². The van der Waals surface area contributed by atoms with E-state index in [-0.39, 0.29) is 18.0 Å². The summed E-state index contributed by atoms with van der Waals surface area (Å²) in [4.78, 5) is 27.5. The first-order chi connectivity index (χ1) is 5.79. The molecule has 1 rings (SSSR count). The molecular formula is C7H8N2O3. The predicted molar refractivity (Wildman–Crippen MR) is 39.9 cm³/mol. The topological polar surface area (TPSA) is 72.0 Å². The molecule has 64 valence electrons. The summed E-state index contributed by atoms with van der Waals surface area (Å²) in [5, 5.41) is 0. The first-order valence-electron chi connectivity index (χ1n) is 3.45. The van der Waals surface area contributed by atoms with Crippen LogP contribution in [0.15, 0.2) is 6.33 Å². The fourth-order valence-corrected chi connectivity index (χ4v) is 0.756. The van der Waals surface area contributed by atoms with E-state index in [9.17, 15) is 9.59 Å². The van der Waals surface area contributed by atoms with Crippen LogP contribution in [0.5, 0.6) is 0 Å². The first kappa shape index (κ1) is 8.45. The number of aldehydes is 1. The van der Waals surface area contributed by atoms with Crippen LogP contribution < -0.4 is 0 Å². The van der Waals surface area contributed by atoms with Crippen molar-refractivity contribution in [1.29, 1.82) is 0 Å². The Morgan fingerprint density at radius 3 is 3.17 bits per heavy atom. The minimum Gasteiger partial charge on any atom is -0.461 e. The third-order valence-electron chi connectivity index (χ3n) is 1.26. The van der Waals surface area contributed by atoms with Crippen molar-refractivity contribution in [3.8, 4) is 0 Å². The molecule has 1 aromatic heterocycles. The molecule has 1 N–H and O–H groups in total. The van der Waals surface area contributed by atoms with Crippen LogP contribution in [0.2, 0.25) is 0 Å². The summed E-state index contributed by atoms with van der Waals surface area (Å²) in [6.07, 6.45) is 1.80. The second-order valence-electron chi connectivity index (χ2n) is 2.00. The average molecular weight is 168 g/mol. The Balaban J connectivity index is 2.86. The molecule has 0 atom stereocenters. The Morgan fingerprint density at radius 2 is 2.58 bits per heavy atom. The zero-order chi connectivity index (χ0) is 8.97. The van der Waals surface area contributed by atoms with Crippen LogP contribution in [-0.2, 0) is 4.74 Å². The van der Waals surface area contributed by atoms with E-state index < -0.39 is 5.97 Å². The summed E-state index contributed by atoms with van der Waals surface area (Å²) >= 11 is 0. The number of carbonyl (C=O) groups is 2. The van der Waals surface area contributed by atoms with E-state index in [4.69, 9.17) is 0 Å². The lowest BCUT2D eigenvalue weighted by molar-refractivity contribution is 0.0518. The summed E-state index contributed by atoms with van der Waals surface area (Å²) in [5.41, 5.74) is 0.181. The Labute approximate surface area is 68.8 Å². The maximum Gasteiger partial charge on any atom is 0.359 e. The van der Waals surface area contributed by atoms with Gasteiger partial charge in [-0.3, -0.25) is 4.79 Å². The highest BCUT2D eigenvalue weighted by Gasteiger charge is 2.14. The quantitative estimate of drug-likeness (QED) is 0.523. The molecule has 1 heterocycles. The van der Waals surface area contributed by atoms with Crippen LogP contribution in [0, 0.1) is 0 Å². The summed E-state index contributed by atoms with van der Waals surface area (Å²) in [6.45, 7) is 1.95. The minimum atomic E-state index is -0.583. The molecule has 0 radical (unpaired) electrons. The fourth-order valence-electron chi connectivity index (χ4n) is 0.756. The lowest BCUT2D eigenvalue weighted by atomic mass is 10.3. The van der Waals surface area contributed by atoms with Crippen molar-refractivity contribution in [2.24, 2.45) is 0 Å². The maximum atomic E-state index is 11.0. The van der Waals surface area contributed by atoms with E-state index in [1.807, 2.05) is 0 Å². The van der Waals surface area contributed by atoms with Crippen LogP contribution in [0.3, 0.4) is 0 Å². The molecule has 0 spiro atoms. The van der Waals surface area contributed by atoms with Crippen molar-refractivity contribution < 1.29 is 14.3 Å². The van der Waals surface area contributed by atoms with Crippen molar-refractivity contribution in [1.82, 2.24) is 9.97 Å². The summed E-state index contributed by atoms with van der Waals surface area (Å²) in [6, 6.07) is 0. The largest absolute Gasteiger partial charge is 0.461 e. The molecule has 0 unspecified atom stereocenters. The van der Waals surface area contributed by atoms with Gasteiger partial charge < -0.3 is 9.72 Å². The summed E-state index contributed by atoms with van der Waals surface area (Å²) in [5.74, 6) is -0.583. The Hall–Kier alpha value is -1.65. The van der Waals surface area contributed by atoms with Gasteiger partial charge in [-0.05, 0) is 6.92 Å². The van der Waals surface area contributed by atoms with E-state index in [1.165, 1.54) is 6.33 Å². The molecule has 0 saturated heterocycles. The lowest BCUT2D eigenvalue weighted by Crippen LogP contribution is -2.07. The number of nitrogens with zero attached hydrogens (tertiary/aromatic N) is 1. The molecule has 0 bridgehead atoms. The Bertz CT molecular complexity index is 293. The number of ether oxygens (including phenoxy) is 1. The van der Waals surface area contributed by atoms with E-state index >= 15 is 0 Å². The van der Waals surface area contributed by atoms with Gasteiger partial charge in [0.25, 0.3) is 0 Å². The highest BCUT2D eigenvalue weighted by Crippen LogP contribution is 2.01. The molecule has 1 aromatic rings. The monoisotopic (exact) mass is 168 g/mol. The van der Waals surface area contributed by atoms with Crippen LogP contribution in [0.25, 0.3) is 0 Å². The second-order valence-corrected chi connectivity index (χ2v) is 2.00. The second kappa shape index (κ2) is 3.66. The number of hydrogen-bond donors (Lipinski definition) is 1. The lowest BCUT2D eigenvalue weighted by Gasteiger charge is -1.96. The van der Waals surface area contributed by atoms with Crippen molar-refractivity contribution in [2.75, 3.05) is 6.61 Å². The molecule has 0 amide bonds. The van der Waals surface area contributed by atoms with E-state index in [2.05, 4.69) is 14.7 Å². The Kier molecular flexibility index (Phi) is 2.57. The third-order valence-corrected chi connectivity index (χ3v) is 1.26. The first-order valence-corrected chi connectivity index (χ1v) is 3.45. The average Bonchev–Trinajstić information content (AvgIpc) is 2.51. The van der Waals surface area contributed by atoms with Gasteiger partial charge >= 0.3 is 5.97 Å². The normalized spacial score (nSPS) is 9.42. The standard InChI is InChI=1S/C7H8N2O3/c1-2-12-7(11)6-5(3-10)8-4-9-6/h3-4H,2H2,1H3,(H,8,9). The number of nitrogens with one attached hydrogen (secondary N) is 1. The number of aromatic nitrogens is 2. The molecule has 0 aromatic carbocycles. The number of aromatic amines is 1. The molecule has 0 aliphatic heterocycles. The smallest absolute Gasteiger partial charge is 0.359 e.